The maximum atomic E-state index is 12.4. The molecule has 2 aromatic rings. The van der Waals surface area contributed by atoms with E-state index in [4.69, 9.17) is 16.3 Å². The molecule has 0 bridgehead atoms. The van der Waals surface area contributed by atoms with Crippen LogP contribution in [0.4, 0.5) is 0 Å². The van der Waals surface area contributed by atoms with Crippen LogP contribution in [0.15, 0.2) is 41.4 Å². The third-order valence-corrected chi connectivity index (χ3v) is 6.14. The summed E-state index contributed by atoms with van der Waals surface area (Å²) in [5.74, 6) is -0.627. The van der Waals surface area contributed by atoms with E-state index in [-0.39, 0.29) is 17.2 Å². The van der Waals surface area contributed by atoms with Crippen LogP contribution in [0.1, 0.15) is 28.9 Å². The molecule has 3 rings (SSSR count). The fourth-order valence-electron chi connectivity index (χ4n) is 2.56. The Balaban J connectivity index is 1.69. The summed E-state index contributed by atoms with van der Waals surface area (Å²) in [6, 6.07) is 8.36. The third kappa shape index (κ3) is 3.48. The summed E-state index contributed by atoms with van der Waals surface area (Å²) in [4.78, 5) is 14.8. The van der Waals surface area contributed by atoms with Crippen LogP contribution < -0.4 is 0 Å². The molecule has 0 atom stereocenters. The lowest BCUT2D eigenvalue weighted by atomic mass is 10.2. The van der Waals surface area contributed by atoms with Crippen LogP contribution in [0.25, 0.3) is 0 Å². The first-order valence-electron chi connectivity index (χ1n) is 7.57. The number of sulfonamides is 1. The predicted molar refractivity (Wildman–Crippen MR) is 89.4 cm³/mol. The number of ether oxygens (including phenoxy) is 1. The van der Waals surface area contributed by atoms with Crippen LogP contribution in [0.2, 0.25) is 5.02 Å². The van der Waals surface area contributed by atoms with Crippen LogP contribution in [0.3, 0.4) is 0 Å². The van der Waals surface area contributed by atoms with Crippen molar-refractivity contribution < 1.29 is 17.9 Å². The molecule has 6 nitrogen and oxygen atoms in total. The zero-order chi connectivity index (χ0) is 17.2. The molecule has 0 unspecified atom stereocenters. The summed E-state index contributed by atoms with van der Waals surface area (Å²) in [6.07, 6.45) is 3.03. The Kier molecular flexibility index (Phi) is 4.93. The number of nitrogens with one attached hydrogen (secondary N) is 1. The van der Waals surface area contributed by atoms with Gasteiger partial charge < -0.3 is 9.72 Å². The highest BCUT2D eigenvalue weighted by atomic mass is 35.5. The van der Waals surface area contributed by atoms with Gasteiger partial charge in [-0.2, -0.15) is 4.31 Å². The Bertz CT molecular complexity index is 841. The number of hydrogen-bond acceptors (Lipinski definition) is 4. The lowest BCUT2D eigenvalue weighted by molar-refractivity contribution is 0.0466. The average Bonchev–Trinajstić information content (AvgIpc) is 3.25. The minimum Gasteiger partial charge on any atom is -0.456 e. The number of rotatable bonds is 5. The molecule has 1 fully saturated rings. The number of benzene rings is 1. The van der Waals surface area contributed by atoms with E-state index in [1.54, 1.807) is 24.3 Å². The van der Waals surface area contributed by atoms with E-state index in [1.807, 2.05) is 0 Å². The smallest absolute Gasteiger partial charge is 0.355 e. The summed E-state index contributed by atoms with van der Waals surface area (Å²) >= 11 is 6.01. The highest BCUT2D eigenvalue weighted by Gasteiger charge is 2.28. The number of halogens is 1. The van der Waals surface area contributed by atoms with E-state index >= 15 is 0 Å². The molecule has 0 spiro atoms. The van der Waals surface area contributed by atoms with Crippen LogP contribution in [0.5, 0.6) is 0 Å². The second-order valence-electron chi connectivity index (χ2n) is 5.53. The van der Waals surface area contributed by atoms with Crippen molar-refractivity contribution in [2.45, 2.75) is 24.3 Å². The van der Waals surface area contributed by atoms with Crippen molar-refractivity contribution >= 4 is 27.6 Å². The Morgan fingerprint density at radius 2 is 1.96 bits per heavy atom. The second kappa shape index (κ2) is 6.96. The van der Waals surface area contributed by atoms with Gasteiger partial charge in [-0.05, 0) is 25.0 Å². The summed E-state index contributed by atoms with van der Waals surface area (Å²) in [5.41, 5.74) is 0.781. The maximum absolute atomic E-state index is 12.4. The zero-order valence-electron chi connectivity index (χ0n) is 12.9. The molecular weight excluding hydrogens is 352 g/mol. The van der Waals surface area contributed by atoms with Gasteiger partial charge in [-0.15, -0.1) is 0 Å². The lowest BCUT2D eigenvalue weighted by Crippen LogP contribution is -2.27. The summed E-state index contributed by atoms with van der Waals surface area (Å²) < 4.78 is 31.5. The molecule has 0 amide bonds. The molecule has 1 aromatic heterocycles. The molecular formula is C16H17ClN2O4S. The topological polar surface area (TPSA) is 79.5 Å². The van der Waals surface area contributed by atoms with Gasteiger partial charge in [-0.25, -0.2) is 13.2 Å². The molecule has 128 valence electrons. The van der Waals surface area contributed by atoms with Crippen molar-refractivity contribution in [3.8, 4) is 0 Å². The Hall–Kier alpha value is -1.83. The van der Waals surface area contributed by atoms with Gasteiger partial charge in [0.25, 0.3) is 0 Å². The average molecular weight is 369 g/mol. The standard InChI is InChI=1S/C16H17ClN2O4S/c17-14-6-2-1-5-12(14)11-23-16(20)15-9-13(10-18-15)24(21,22)19-7-3-4-8-19/h1-2,5-6,9-10,18H,3-4,7-8,11H2. The highest BCUT2D eigenvalue weighted by molar-refractivity contribution is 7.89. The van der Waals surface area contributed by atoms with Gasteiger partial charge in [0.2, 0.25) is 10.0 Å². The molecule has 8 heteroatoms. The molecule has 24 heavy (non-hydrogen) atoms. The first-order chi connectivity index (χ1) is 11.5. The number of aromatic nitrogens is 1. The van der Waals surface area contributed by atoms with Crippen molar-refractivity contribution in [3.63, 3.8) is 0 Å². The number of aromatic amines is 1. The van der Waals surface area contributed by atoms with E-state index in [0.717, 1.165) is 12.8 Å². The van der Waals surface area contributed by atoms with Crippen LogP contribution in [-0.4, -0.2) is 36.8 Å². The molecule has 0 saturated carbocycles. The Morgan fingerprint density at radius 1 is 1.25 bits per heavy atom. The first-order valence-corrected chi connectivity index (χ1v) is 9.39. The quantitative estimate of drug-likeness (QED) is 0.823. The summed E-state index contributed by atoms with van der Waals surface area (Å²) in [6.45, 7) is 1.05. The Labute approximate surface area is 145 Å². The number of carbonyl (C=O) groups excluding carboxylic acids is 1. The monoisotopic (exact) mass is 368 g/mol. The molecule has 2 heterocycles. The van der Waals surface area contributed by atoms with Crippen LogP contribution in [-0.2, 0) is 21.4 Å². The fraction of sp³-hybridized carbons (Fsp3) is 0.312. The molecule has 0 aliphatic carbocycles. The van der Waals surface area contributed by atoms with Gasteiger partial charge in [0.15, 0.2) is 0 Å². The number of H-pyrrole nitrogens is 1. The SMILES string of the molecule is O=C(OCc1ccccc1Cl)c1cc(S(=O)(=O)N2CCCC2)c[nH]1. The number of esters is 1. The van der Waals surface area contributed by atoms with Gasteiger partial charge >= 0.3 is 5.97 Å². The minimum atomic E-state index is -3.55. The van der Waals surface area contributed by atoms with Crippen LogP contribution in [0, 0.1) is 0 Å². The minimum absolute atomic E-state index is 0.0196. The number of carbonyl (C=O) groups is 1. The van der Waals surface area contributed by atoms with Gasteiger partial charge in [-0.1, -0.05) is 29.8 Å². The van der Waals surface area contributed by atoms with Gasteiger partial charge in [0, 0.05) is 29.9 Å². The van der Waals surface area contributed by atoms with E-state index in [0.29, 0.717) is 23.7 Å². The highest BCUT2D eigenvalue weighted by Crippen LogP contribution is 2.22. The van der Waals surface area contributed by atoms with E-state index < -0.39 is 16.0 Å². The van der Waals surface area contributed by atoms with Crippen molar-refractivity contribution in [1.82, 2.24) is 9.29 Å². The van der Waals surface area contributed by atoms with Gasteiger partial charge in [0.05, 0.1) is 0 Å². The molecule has 0 radical (unpaired) electrons. The molecule has 1 N–H and O–H groups in total. The largest absolute Gasteiger partial charge is 0.456 e. The predicted octanol–water partition coefficient (Wildman–Crippen LogP) is 2.81. The van der Waals surface area contributed by atoms with Crippen molar-refractivity contribution in [3.05, 3.63) is 52.8 Å². The normalized spacial score (nSPS) is 15.5. The van der Waals surface area contributed by atoms with Crippen molar-refractivity contribution in [2.24, 2.45) is 0 Å². The zero-order valence-corrected chi connectivity index (χ0v) is 14.4. The van der Waals surface area contributed by atoms with E-state index in [1.165, 1.54) is 16.6 Å². The first kappa shape index (κ1) is 17.0. The summed E-state index contributed by atoms with van der Waals surface area (Å²) in [7, 11) is -3.55. The fourth-order valence-corrected chi connectivity index (χ4v) is 4.26. The van der Waals surface area contributed by atoms with Gasteiger partial charge in [0.1, 0.15) is 17.2 Å². The molecule has 1 aliphatic heterocycles. The number of hydrogen-bond donors (Lipinski definition) is 1. The number of nitrogens with zero attached hydrogens (tertiary/aromatic N) is 1. The van der Waals surface area contributed by atoms with E-state index in [9.17, 15) is 13.2 Å². The Morgan fingerprint density at radius 3 is 2.67 bits per heavy atom. The van der Waals surface area contributed by atoms with Crippen molar-refractivity contribution in [1.29, 1.82) is 0 Å². The molecule has 1 aromatic carbocycles. The summed E-state index contributed by atoms with van der Waals surface area (Å²) in [5, 5.41) is 0.508. The third-order valence-electron chi connectivity index (χ3n) is 3.90. The molecule has 1 saturated heterocycles. The van der Waals surface area contributed by atoms with Gasteiger partial charge in [-0.3, -0.25) is 0 Å². The lowest BCUT2D eigenvalue weighted by Gasteiger charge is -2.13. The van der Waals surface area contributed by atoms with Crippen molar-refractivity contribution in [2.75, 3.05) is 13.1 Å². The second-order valence-corrected chi connectivity index (χ2v) is 7.87. The van der Waals surface area contributed by atoms with E-state index in [2.05, 4.69) is 4.98 Å². The maximum Gasteiger partial charge on any atom is 0.355 e. The van der Waals surface area contributed by atoms with Crippen LogP contribution >= 0.6 is 11.6 Å². The molecule has 1 aliphatic rings.